The summed E-state index contributed by atoms with van der Waals surface area (Å²) in [6, 6.07) is 11.8. The zero-order valence-corrected chi connectivity index (χ0v) is 16.6. The van der Waals surface area contributed by atoms with Crippen LogP contribution >= 0.6 is 0 Å². The van der Waals surface area contributed by atoms with Gasteiger partial charge in [0.15, 0.2) is 17.3 Å². The molecule has 0 unspecified atom stereocenters. The van der Waals surface area contributed by atoms with Crippen molar-refractivity contribution in [2.75, 3.05) is 39.6 Å². The van der Waals surface area contributed by atoms with Gasteiger partial charge in [0.1, 0.15) is 0 Å². The summed E-state index contributed by atoms with van der Waals surface area (Å²) in [6.45, 7) is 2.18. The molecule has 0 amide bonds. The maximum absolute atomic E-state index is 12.8. The minimum absolute atomic E-state index is 0.0928. The predicted octanol–water partition coefficient (Wildman–Crippen LogP) is 1.41. The van der Waals surface area contributed by atoms with Crippen LogP contribution < -0.4 is 14.8 Å². The third-order valence-electron chi connectivity index (χ3n) is 4.82. The maximum atomic E-state index is 12.8. The third kappa shape index (κ3) is 4.43. The van der Waals surface area contributed by atoms with Crippen molar-refractivity contribution < 1.29 is 27.4 Å². The lowest BCUT2D eigenvalue weighted by molar-refractivity contribution is 0.0730. The Balaban J connectivity index is 1.38. The summed E-state index contributed by atoms with van der Waals surface area (Å²) in [5.41, 5.74) is 1.32. The van der Waals surface area contributed by atoms with Crippen molar-refractivity contribution >= 4 is 15.8 Å². The van der Waals surface area contributed by atoms with Gasteiger partial charge in [-0.15, -0.1) is 0 Å². The average Bonchev–Trinajstić information content (AvgIpc) is 3.22. The van der Waals surface area contributed by atoms with E-state index in [1.54, 1.807) is 12.1 Å². The average molecular weight is 418 g/mol. The predicted molar refractivity (Wildman–Crippen MR) is 105 cm³/mol. The summed E-state index contributed by atoms with van der Waals surface area (Å²) in [5.74, 6) is 1.23. The Labute approximate surface area is 169 Å². The molecule has 1 saturated heterocycles. The number of ketones is 1. The number of nitrogens with one attached hydrogen (secondary N) is 1. The van der Waals surface area contributed by atoms with Gasteiger partial charge in [0.2, 0.25) is 16.8 Å². The van der Waals surface area contributed by atoms with Crippen LogP contribution in [0.3, 0.4) is 0 Å². The zero-order chi connectivity index (χ0) is 20.3. The van der Waals surface area contributed by atoms with Gasteiger partial charge in [-0.3, -0.25) is 4.79 Å². The number of Topliss-reactive ketones (excluding diaryl/α,β-unsaturated/α-hetero) is 1. The number of hydrogen-bond donors (Lipinski definition) is 1. The van der Waals surface area contributed by atoms with Crippen molar-refractivity contribution in [2.45, 2.75) is 11.4 Å². The molecule has 2 heterocycles. The highest BCUT2D eigenvalue weighted by atomic mass is 32.2. The lowest BCUT2D eigenvalue weighted by Crippen LogP contribution is -2.40. The molecule has 2 aliphatic rings. The van der Waals surface area contributed by atoms with Crippen LogP contribution in [0.15, 0.2) is 47.4 Å². The van der Waals surface area contributed by atoms with E-state index in [1.165, 1.54) is 16.4 Å². The Morgan fingerprint density at radius 3 is 2.66 bits per heavy atom. The molecule has 0 aliphatic carbocycles. The minimum Gasteiger partial charge on any atom is -0.454 e. The molecule has 8 nitrogen and oxygen atoms in total. The van der Waals surface area contributed by atoms with Gasteiger partial charge in [-0.1, -0.05) is 18.2 Å². The van der Waals surface area contributed by atoms with Crippen molar-refractivity contribution in [2.24, 2.45) is 0 Å². The molecule has 0 bridgehead atoms. The SMILES string of the molecule is O=C(CNCc1ccc2c(c1)OCO2)c1cccc(S(=O)(=O)N2CCOCC2)c1. The molecule has 2 aromatic carbocycles. The van der Waals surface area contributed by atoms with E-state index in [4.69, 9.17) is 14.2 Å². The van der Waals surface area contributed by atoms with Crippen LogP contribution in [-0.2, 0) is 21.3 Å². The number of morpholine rings is 1. The first-order chi connectivity index (χ1) is 14.0. The molecule has 2 aliphatic heterocycles. The Kier molecular flexibility index (Phi) is 5.81. The quantitative estimate of drug-likeness (QED) is 0.680. The number of ether oxygens (including phenoxy) is 3. The normalized spacial score (nSPS) is 16.7. The molecule has 0 radical (unpaired) electrons. The van der Waals surface area contributed by atoms with E-state index >= 15 is 0 Å². The minimum atomic E-state index is -3.63. The summed E-state index contributed by atoms with van der Waals surface area (Å²) in [6.07, 6.45) is 0. The molecule has 154 valence electrons. The van der Waals surface area contributed by atoms with Crippen LogP contribution in [0, 0.1) is 0 Å². The summed E-state index contributed by atoms with van der Waals surface area (Å²) >= 11 is 0. The van der Waals surface area contributed by atoms with Crippen molar-refractivity contribution in [1.82, 2.24) is 9.62 Å². The number of carbonyl (C=O) groups excluding carboxylic acids is 1. The lowest BCUT2D eigenvalue weighted by Gasteiger charge is -2.26. The fourth-order valence-corrected chi connectivity index (χ4v) is 4.69. The number of rotatable bonds is 7. The van der Waals surface area contributed by atoms with Crippen LogP contribution in [-0.4, -0.2) is 58.1 Å². The Morgan fingerprint density at radius 2 is 1.83 bits per heavy atom. The molecule has 1 fully saturated rings. The van der Waals surface area contributed by atoms with Gasteiger partial charge in [0.05, 0.1) is 24.7 Å². The third-order valence-corrected chi connectivity index (χ3v) is 6.71. The molecule has 1 N–H and O–H groups in total. The summed E-state index contributed by atoms with van der Waals surface area (Å²) in [5, 5.41) is 3.09. The van der Waals surface area contributed by atoms with E-state index in [1.807, 2.05) is 18.2 Å². The van der Waals surface area contributed by atoms with Crippen molar-refractivity contribution in [1.29, 1.82) is 0 Å². The van der Waals surface area contributed by atoms with Gasteiger partial charge >= 0.3 is 0 Å². The van der Waals surface area contributed by atoms with Crippen molar-refractivity contribution in [3.05, 3.63) is 53.6 Å². The Hall–Kier alpha value is -2.46. The second kappa shape index (κ2) is 8.50. The van der Waals surface area contributed by atoms with Crippen molar-refractivity contribution in [3.8, 4) is 11.5 Å². The van der Waals surface area contributed by atoms with E-state index in [9.17, 15) is 13.2 Å². The second-order valence-corrected chi connectivity index (χ2v) is 8.70. The number of carbonyl (C=O) groups is 1. The summed E-state index contributed by atoms with van der Waals surface area (Å²) < 4.78 is 42.8. The van der Waals surface area contributed by atoms with E-state index in [0.717, 1.165) is 5.56 Å². The number of benzene rings is 2. The molecule has 0 spiro atoms. The molecular weight excluding hydrogens is 396 g/mol. The maximum Gasteiger partial charge on any atom is 0.243 e. The summed E-state index contributed by atoms with van der Waals surface area (Å²) in [7, 11) is -3.63. The molecule has 9 heteroatoms. The smallest absolute Gasteiger partial charge is 0.243 e. The standard InChI is InChI=1S/C20H22N2O6S/c23-18(13-21-12-15-4-5-19-20(10-15)28-14-27-19)16-2-1-3-17(11-16)29(24,25)22-6-8-26-9-7-22/h1-5,10-11,21H,6-9,12-14H2. The van der Waals surface area contributed by atoms with Crippen LogP contribution in [0.5, 0.6) is 11.5 Å². The molecule has 0 saturated carbocycles. The first kappa shape index (κ1) is 19.8. The molecule has 0 atom stereocenters. The number of sulfonamides is 1. The van der Waals surface area contributed by atoms with Gasteiger partial charge in [-0.25, -0.2) is 8.42 Å². The van der Waals surface area contributed by atoms with Gasteiger partial charge in [-0.2, -0.15) is 4.31 Å². The molecular formula is C20H22N2O6S. The number of hydrogen-bond acceptors (Lipinski definition) is 7. The lowest BCUT2D eigenvalue weighted by atomic mass is 10.1. The van der Waals surface area contributed by atoms with Crippen LogP contribution in [0.25, 0.3) is 0 Å². The highest BCUT2D eigenvalue weighted by Gasteiger charge is 2.26. The van der Waals surface area contributed by atoms with E-state index in [0.29, 0.717) is 49.9 Å². The number of fused-ring (bicyclic) bond motifs is 1. The molecule has 2 aromatic rings. The van der Waals surface area contributed by atoms with Crippen molar-refractivity contribution in [3.63, 3.8) is 0 Å². The van der Waals surface area contributed by atoms with E-state index in [2.05, 4.69) is 5.32 Å². The zero-order valence-electron chi connectivity index (χ0n) is 15.8. The van der Waals surface area contributed by atoms with Gasteiger partial charge in [0, 0.05) is 25.2 Å². The van der Waals surface area contributed by atoms with Crippen LogP contribution in [0.2, 0.25) is 0 Å². The molecule has 0 aromatic heterocycles. The second-order valence-electron chi connectivity index (χ2n) is 6.76. The van der Waals surface area contributed by atoms with E-state index < -0.39 is 10.0 Å². The topological polar surface area (TPSA) is 94.2 Å². The molecule has 29 heavy (non-hydrogen) atoms. The van der Waals surface area contributed by atoms with Crippen LogP contribution in [0.1, 0.15) is 15.9 Å². The first-order valence-electron chi connectivity index (χ1n) is 9.34. The fourth-order valence-electron chi connectivity index (χ4n) is 3.24. The Morgan fingerprint density at radius 1 is 1.03 bits per heavy atom. The molecule has 4 rings (SSSR count). The van der Waals surface area contributed by atoms with Gasteiger partial charge in [-0.05, 0) is 29.8 Å². The Bertz CT molecular complexity index is 1000. The fraction of sp³-hybridized carbons (Fsp3) is 0.350. The highest BCUT2D eigenvalue weighted by molar-refractivity contribution is 7.89. The summed E-state index contributed by atoms with van der Waals surface area (Å²) in [4.78, 5) is 12.7. The van der Waals surface area contributed by atoms with Gasteiger partial charge < -0.3 is 19.5 Å². The highest BCUT2D eigenvalue weighted by Crippen LogP contribution is 2.32. The number of nitrogens with zero attached hydrogens (tertiary/aromatic N) is 1. The largest absolute Gasteiger partial charge is 0.454 e. The van der Waals surface area contributed by atoms with E-state index in [-0.39, 0.29) is 24.0 Å². The monoisotopic (exact) mass is 418 g/mol. The van der Waals surface area contributed by atoms with Crippen LogP contribution in [0.4, 0.5) is 0 Å². The first-order valence-corrected chi connectivity index (χ1v) is 10.8. The van der Waals surface area contributed by atoms with Gasteiger partial charge in [0.25, 0.3) is 0 Å².